The molecule has 0 radical (unpaired) electrons. The summed E-state index contributed by atoms with van der Waals surface area (Å²) in [6, 6.07) is 0. The van der Waals surface area contributed by atoms with Gasteiger partial charge in [-0.3, -0.25) is 4.79 Å². The maximum atomic E-state index is 11.9. The van der Waals surface area contributed by atoms with Crippen LogP contribution >= 0.6 is 0 Å². The van der Waals surface area contributed by atoms with Crippen LogP contribution in [0.4, 0.5) is 0 Å². The molecular formula is C35H62O3Si. The van der Waals surface area contributed by atoms with Gasteiger partial charge in [-0.05, 0) is 102 Å². The van der Waals surface area contributed by atoms with Crippen molar-refractivity contribution in [2.45, 2.75) is 151 Å². The second-order valence-corrected chi connectivity index (χ2v) is 21.8. The average molecular weight is 559 g/mol. The molecular weight excluding hydrogens is 496 g/mol. The first-order valence-corrected chi connectivity index (χ1v) is 18.7. The first kappa shape index (κ1) is 31.3. The molecule has 3 saturated carbocycles. The number of hydrogen-bond donors (Lipinski definition) is 0. The Morgan fingerprint density at radius 2 is 1.51 bits per heavy atom. The van der Waals surface area contributed by atoms with E-state index >= 15 is 0 Å². The summed E-state index contributed by atoms with van der Waals surface area (Å²) in [4.78, 5) is 11.9. The van der Waals surface area contributed by atoms with Crippen LogP contribution in [0.25, 0.3) is 0 Å². The van der Waals surface area contributed by atoms with E-state index in [1.807, 2.05) is 0 Å². The molecule has 0 aromatic carbocycles. The molecule has 0 saturated heterocycles. The third-order valence-electron chi connectivity index (χ3n) is 13.3. The Bertz CT molecular complexity index is 912. The van der Waals surface area contributed by atoms with E-state index in [1.54, 1.807) is 12.5 Å². The van der Waals surface area contributed by atoms with E-state index in [0.29, 0.717) is 28.0 Å². The Balaban J connectivity index is 1.53. The molecule has 224 valence electrons. The lowest BCUT2D eigenvalue weighted by atomic mass is 9.44. The molecule has 4 aliphatic carbocycles. The van der Waals surface area contributed by atoms with Crippen molar-refractivity contribution in [2.75, 3.05) is 6.61 Å². The van der Waals surface area contributed by atoms with Gasteiger partial charge in [0.2, 0.25) is 0 Å². The molecule has 4 heteroatoms. The summed E-state index contributed by atoms with van der Waals surface area (Å²) in [5.41, 5.74) is 4.14. The maximum absolute atomic E-state index is 11.9. The molecule has 0 N–H and O–H groups in total. The summed E-state index contributed by atoms with van der Waals surface area (Å²) < 4.78 is 13.0. The van der Waals surface area contributed by atoms with Crippen molar-refractivity contribution in [3.05, 3.63) is 11.6 Å². The Kier molecular flexibility index (Phi) is 8.76. The molecule has 39 heavy (non-hydrogen) atoms. The monoisotopic (exact) mass is 558 g/mol. The van der Waals surface area contributed by atoms with Gasteiger partial charge in [0.15, 0.2) is 8.32 Å². The SMILES string of the molecule is CC(=O)O[C@H]1CC[C@@]2(C)C(=CC[C@H]3[C@@H]4CC[C@H]([C@H](C)CO[Si](C(C)C)(C(C)C)C(C)C)[C@@]4(C)CC[C@@H]32)C1(C)C. The fourth-order valence-electron chi connectivity index (χ4n) is 11.7. The molecule has 0 aromatic heterocycles. The summed E-state index contributed by atoms with van der Waals surface area (Å²) in [6.45, 7) is 29.4. The summed E-state index contributed by atoms with van der Waals surface area (Å²) in [5.74, 6) is 3.66. The first-order valence-electron chi connectivity index (χ1n) is 16.6. The van der Waals surface area contributed by atoms with E-state index in [-0.39, 0.29) is 22.9 Å². The Morgan fingerprint density at radius 1 is 0.897 bits per heavy atom. The van der Waals surface area contributed by atoms with Crippen LogP contribution < -0.4 is 0 Å². The van der Waals surface area contributed by atoms with Crippen molar-refractivity contribution in [3.63, 3.8) is 0 Å². The van der Waals surface area contributed by atoms with Crippen molar-refractivity contribution in [1.82, 2.24) is 0 Å². The second-order valence-electron chi connectivity index (χ2n) is 16.3. The summed E-state index contributed by atoms with van der Waals surface area (Å²) in [7, 11) is -1.84. The standard InChI is InChI=1S/C35H62O3Si/c1-22(2)39(23(3)4,24(5)6)37-21-25(7)28-14-15-29-27-13-16-31-33(9,10)32(38-26(8)36)18-20-35(31,12)30(27)17-19-34(28,29)11/h16,22-25,27-30,32H,13-15,17-21H2,1-12H3/t25-,27+,28-,29+,30+,32+,34-,35-/m1/s1. The third kappa shape index (κ3) is 4.94. The molecule has 0 aromatic rings. The lowest BCUT2D eigenvalue weighted by molar-refractivity contribution is -0.157. The highest BCUT2D eigenvalue weighted by Gasteiger charge is 2.61. The Hall–Kier alpha value is -0.613. The molecule has 4 rings (SSSR count). The number of carbonyl (C=O) groups excluding carboxylic acids is 1. The van der Waals surface area contributed by atoms with E-state index in [0.717, 1.165) is 43.1 Å². The van der Waals surface area contributed by atoms with Crippen molar-refractivity contribution in [3.8, 4) is 0 Å². The van der Waals surface area contributed by atoms with Crippen LogP contribution in [0.3, 0.4) is 0 Å². The number of ether oxygens (including phenoxy) is 1. The van der Waals surface area contributed by atoms with E-state index in [9.17, 15) is 4.79 Å². The van der Waals surface area contributed by atoms with E-state index in [1.165, 1.54) is 32.1 Å². The van der Waals surface area contributed by atoms with Crippen LogP contribution in [0.5, 0.6) is 0 Å². The predicted molar refractivity (Wildman–Crippen MR) is 166 cm³/mol. The zero-order valence-electron chi connectivity index (χ0n) is 27.7. The van der Waals surface area contributed by atoms with E-state index < -0.39 is 8.32 Å². The maximum Gasteiger partial charge on any atom is 0.302 e. The fraction of sp³-hybridized carbons (Fsp3) is 0.914. The number of hydrogen-bond acceptors (Lipinski definition) is 3. The van der Waals surface area contributed by atoms with Crippen LogP contribution in [0.15, 0.2) is 11.6 Å². The van der Waals surface area contributed by atoms with Crippen LogP contribution in [-0.2, 0) is 14.0 Å². The summed E-state index contributed by atoms with van der Waals surface area (Å²) in [6.07, 6.45) is 11.5. The molecule has 0 spiro atoms. The highest BCUT2D eigenvalue weighted by Crippen LogP contribution is 2.69. The highest BCUT2D eigenvalue weighted by molar-refractivity contribution is 6.77. The number of carbonyl (C=O) groups is 1. The number of allylic oxidation sites excluding steroid dienone is 1. The molecule has 3 nitrogen and oxygen atoms in total. The largest absolute Gasteiger partial charge is 0.462 e. The van der Waals surface area contributed by atoms with Crippen LogP contribution in [-0.4, -0.2) is 27.0 Å². The molecule has 0 heterocycles. The molecule has 8 atom stereocenters. The predicted octanol–water partition coefficient (Wildman–Crippen LogP) is 9.96. The van der Waals surface area contributed by atoms with Gasteiger partial charge in [0, 0.05) is 18.9 Å². The highest BCUT2D eigenvalue weighted by atomic mass is 28.4. The topological polar surface area (TPSA) is 35.5 Å². The minimum atomic E-state index is -1.84. The van der Waals surface area contributed by atoms with Gasteiger partial charge in [0.05, 0.1) is 0 Å². The molecule has 0 aliphatic heterocycles. The Morgan fingerprint density at radius 3 is 2.08 bits per heavy atom. The third-order valence-corrected chi connectivity index (χ3v) is 19.3. The van der Waals surface area contributed by atoms with Gasteiger partial charge in [-0.25, -0.2) is 0 Å². The molecule has 0 amide bonds. The fourth-order valence-corrected chi connectivity index (χ4v) is 17.2. The minimum Gasteiger partial charge on any atom is -0.462 e. The molecule has 0 bridgehead atoms. The van der Waals surface area contributed by atoms with Gasteiger partial charge in [0.1, 0.15) is 6.10 Å². The van der Waals surface area contributed by atoms with Crippen molar-refractivity contribution in [1.29, 1.82) is 0 Å². The lowest BCUT2D eigenvalue weighted by Crippen LogP contribution is -2.55. The molecule has 4 aliphatic rings. The summed E-state index contributed by atoms with van der Waals surface area (Å²) >= 11 is 0. The smallest absolute Gasteiger partial charge is 0.302 e. The average Bonchev–Trinajstić information content (AvgIpc) is 3.17. The zero-order chi connectivity index (χ0) is 29.1. The van der Waals surface area contributed by atoms with Crippen LogP contribution in [0.1, 0.15) is 128 Å². The van der Waals surface area contributed by atoms with Gasteiger partial charge in [-0.2, -0.15) is 0 Å². The number of esters is 1. The van der Waals surface area contributed by atoms with Crippen LogP contribution in [0, 0.1) is 45.8 Å². The van der Waals surface area contributed by atoms with Crippen molar-refractivity contribution >= 4 is 14.3 Å². The quantitative estimate of drug-likeness (QED) is 0.169. The first-order chi connectivity index (χ1) is 18.0. The molecule has 0 unspecified atom stereocenters. The number of rotatable bonds is 8. The molecule has 3 fully saturated rings. The van der Waals surface area contributed by atoms with E-state index in [4.69, 9.17) is 9.16 Å². The van der Waals surface area contributed by atoms with E-state index in [2.05, 4.69) is 82.2 Å². The second kappa shape index (κ2) is 10.9. The lowest BCUT2D eigenvalue weighted by Gasteiger charge is -2.61. The zero-order valence-corrected chi connectivity index (χ0v) is 28.7. The van der Waals surface area contributed by atoms with Gasteiger partial charge >= 0.3 is 5.97 Å². The van der Waals surface area contributed by atoms with Crippen LogP contribution in [0.2, 0.25) is 16.6 Å². The van der Waals surface area contributed by atoms with Gasteiger partial charge in [0.25, 0.3) is 0 Å². The van der Waals surface area contributed by atoms with Crippen molar-refractivity contribution in [2.24, 2.45) is 45.8 Å². The Labute approximate surface area is 242 Å². The van der Waals surface area contributed by atoms with Gasteiger partial charge in [-0.15, -0.1) is 0 Å². The van der Waals surface area contributed by atoms with Gasteiger partial charge < -0.3 is 9.16 Å². The van der Waals surface area contributed by atoms with Gasteiger partial charge in [-0.1, -0.05) is 87.8 Å². The summed E-state index contributed by atoms with van der Waals surface area (Å²) in [5, 5.41) is 0. The number of fused-ring (bicyclic) bond motifs is 5. The van der Waals surface area contributed by atoms with Crippen molar-refractivity contribution < 1.29 is 14.0 Å². The normalized spacial score (nSPS) is 38.7. The minimum absolute atomic E-state index is 0.00892.